The summed E-state index contributed by atoms with van der Waals surface area (Å²) in [6.45, 7) is 4.80. The van der Waals surface area contributed by atoms with Gasteiger partial charge in [-0.25, -0.2) is 4.98 Å². The number of amides is 1. The summed E-state index contributed by atoms with van der Waals surface area (Å²) >= 11 is 3.40. The number of pyridine rings is 1. The molecule has 0 spiro atoms. The minimum Gasteiger partial charge on any atom is -0.397 e. The molecule has 0 aliphatic rings. The van der Waals surface area contributed by atoms with Gasteiger partial charge in [-0.2, -0.15) is 0 Å². The van der Waals surface area contributed by atoms with Crippen molar-refractivity contribution in [3.8, 4) is 0 Å². The molecule has 1 aromatic rings. The lowest BCUT2D eigenvalue weighted by molar-refractivity contribution is -0.119. The molecule has 0 aliphatic heterocycles. The smallest absolute Gasteiger partial charge is 0.239 e. The maximum Gasteiger partial charge on any atom is 0.239 e. The first kappa shape index (κ1) is 13.8. The zero-order valence-electron chi connectivity index (χ0n) is 10.0. The lowest BCUT2D eigenvalue weighted by atomic mass is 10.2. The Bertz CT molecular complexity index is 409. The molecule has 6 heteroatoms. The van der Waals surface area contributed by atoms with E-state index in [1.807, 2.05) is 13.8 Å². The Kier molecular flexibility index (Phi) is 5.21. The number of nitrogens with two attached hydrogens (primary N) is 1. The average Bonchev–Trinajstić information content (AvgIpc) is 2.32. The minimum absolute atomic E-state index is 0.0463. The number of carbonyl (C=O) groups excluding carboxylic acids is 1. The van der Waals surface area contributed by atoms with E-state index in [1.165, 1.54) is 0 Å². The van der Waals surface area contributed by atoms with Crippen LogP contribution in [0.25, 0.3) is 0 Å². The Hall–Kier alpha value is -1.30. The fourth-order valence-electron chi connectivity index (χ4n) is 1.21. The molecule has 1 amide bonds. The van der Waals surface area contributed by atoms with Crippen molar-refractivity contribution in [3.05, 3.63) is 16.2 Å². The van der Waals surface area contributed by atoms with Gasteiger partial charge in [0.25, 0.3) is 0 Å². The molecule has 94 valence electrons. The molecule has 5 nitrogen and oxygen atoms in total. The second-order valence-electron chi connectivity index (χ2n) is 3.70. The lowest BCUT2D eigenvalue weighted by Gasteiger charge is -2.10. The van der Waals surface area contributed by atoms with Crippen LogP contribution in [0.4, 0.5) is 11.5 Å². The number of anilines is 2. The van der Waals surface area contributed by atoms with Crippen molar-refractivity contribution in [3.63, 3.8) is 0 Å². The molecule has 0 aromatic carbocycles. The van der Waals surface area contributed by atoms with E-state index in [9.17, 15) is 4.79 Å². The number of nitrogens with one attached hydrogen (secondary N) is 2. The predicted octanol–water partition coefficient (Wildman–Crippen LogP) is 1.67. The molecule has 4 N–H and O–H groups in total. The zero-order valence-corrected chi connectivity index (χ0v) is 11.6. The Balaban J connectivity index is 2.58. The van der Waals surface area contributed by atoms with Crippen LogP contribution in [-0.2, 0) is 4.79 Å². The highest BCUT2D eigenvalue weighted by molar-refractivity contribution is 9.10. The highest BCUT2D eigenvalue weighted by Gasteiger charge is 2.08. The molecular formula is C11H17BrN4O. The number of aromatic nitrogens is 1. The third kappa shape index (κ3) is 3.89. The van der Waals surface area contributed by atoms with Gasteiger partial charge in [-0.05, 0) is 34.8 Å². The average molecular weight is 301 g/mol. The Labute approximate surface area is 109 Å². The molecule has 1 rings (SSSR count). The highest BCUT2D eigenvalue weighted by Crippen LogP contribution is 2.27. The maximum absolute atomic E-state index is 11.4. The second kappa shape index (κ2) is 6.44. The molecule has 0 aliphatic carbocycles. The normalized spacial score (nSPS) is 10.1. The SMILES string of the molecule is CCCNC(=O)CNc1ncc(N)c(C)c1Br. The maximum atomic E-state index is 11.4. The quantitative estimate of drug-likeness (QED) is 0.773. The number of nitrogens with zero attached hydrogens (tertiary/aromatic N) is 1. The molecule has 0 bridgehead atoms. The fourth-order valence-corrected chi connectivity index (χ4v) is 1.68. The predicted molar refractivity (Wildman–Crippen MR) is 72.9 cm³/mol. The largest absolute Gasteiger partial charge is 0.397 e. The molecule has 0 atom stereocenters. The van der Waals surface area contributed by atoms with Gasteiger partial charge in [0.05, 0.1) is 22.9 Å². The van der Waals surface area contributed by atoms with Gasteiger partial charge in [0, 0.05) is 6.54 Å². The Morgan fingerprint density at radius 1 is 1.59 bits per heavy atom. The third-order valence-electron chi connectivity index (χ3n) is 2.29. The number of hydrogen-bond donors (Lipinski definition) is 3. The summed E-state index contributed by atoms with van der Waals surface area (Å²) in [5.74, 6) is 0.582. The van der Waals surface area contributed by atoms with E-state index in [2.05, 4.69) is 31.5 Å². The van der Waals surface area contributed by atoms with Crippen molar-refractivity contribution >= 4 is 33.3 Å². The van der Waals surface area contributed by atoms with Gasteiger partial charge in [-0.1, -0.05) is 6.92 Å². The van der Waals surface area contributed by atoms with Crippen molar-refractivity contribution in [1.29, 1.82) is 0 Å². The van der Waals surface area contributed by atoms with Crippen LogP contribution < -0.4 is 16.4 Å². The topological polar surface area (TPSA) is 80.0 Å². The van der Waals surface area contributed by atoms with Crippen molar-refractivity contribution in [2.45, 2.75) is 20.3 Å². The van der Waals surface area contributed by atoms with Gasteiger partial charge in [0.1, 0.15) is 5.82 Å². The van der Waals surface area contributed by atoms with Gasteiger partial charge >= 0.3 is 0 Å². The van der Waals surface area contributed by atoms with Gasteiger partial charge < -0.3 is 16.4 Å². The zero-order chi connectivity index (χ0) is 12.8. The summed E-state index contributed by atoms with van der Waals surface area (Å²) in [6, 6.07) is 0. The van der Waals surface area contributed by atoms with E-state index in [-0.39, 0.29) is 12.5 Å². The molecule has 1 heterocycles. The first-order valence-corrected chi connectivity index (χ1v) is 6.26. The monoisotopic (exact) mass is 300 g/mol. The molecule has 17 heavy (non-hydrogen) atoms. The third-order valence-corrected chi connectivity index (χ3v) is 3.26. The van der Waals surface area contributed by atoms with Crippen LogP contribution in [-0.4, -0.2) is 24.0 Å². The molecular weight excluding hydrogens is 284 g/mol. The Morgan fingerprint density at radius 3 is 2.94 bits per heavy atom. The van der Waals surface area contributed by atoms with E-state index in [0.717, 1.165) is 16.5 Å². The summed E-state index contributed by atoms with van der Waals surface area (Å²) in [4.78, 5) is 15.5. The molecule has 0 radical (unpaired) electrons. The van der Waals surface area contributed by atoms with Crippen LogP contribution in [0.15, 0.2) is 10.7 Å². The summed E-state index contributed by atoms with van der Waals surface area (Å²) in [6.07, 6.45) is 2.50. The Morgan fingerprint density at radius 2 is 2.29 bits per heavy atom. The standard InChI is InChI=1S/C11H17BrN4O/c1-3-4-14-9(17)6-16-11-10(12)7(2)8(13)5-15-11/h5H,3-4,6,13H2,1-2H3,(H,14,17)(H,15,16). The van der Waals surface area contributed by atoms with Crippen LogP contribution in [0.2, 0.25) is 0 Å². The van der Waals surface area contributed by atoms with E-state index in [4.69, 9.17) is 5.73 Å². The van der Waals surface area contributed by atoms with Crippen molar-refractivity contribution in [2.75, 3.05) is 24.1 Å². The van der Waals surface area contributed by atoms with Crippen molar-refractivity contribution in [2.24, 2.45) is 0 Å². The second-order valence-corrected chi connectivity index (χ2v) is 4.50. The van der Waals surface area contributed by atoms with Crippen molar-refractivity contribution < 1.29 is 4.79 Å². The summed E-state index contributed by atoms with van der Waals surface area (Å²) in [7, 11) is 0. The lowest BCUT2D eigenvalue weighted by Crippen LogP contribution is -2.30. The molecule has 1 aromatic heterocycles. The van der Waals surface area contributed by atoms with Crippen LogP contribution >= 0.6 is 15.9 Å². The molecule has 0 saturated carbocycles. The van der Waals surface area contributed by atoms with Gasteiger partial charge in [0.15, 0.2) is 0 Å². The van der Waals surface area contributed by atoms with Gasteiger partial charge in [0.2, 0.25) is 5.91 Å². The van der Waals surface area contributed by atoms with Crippen LogP contribution in [0.3, 0.4) is 0 Å². The number of hydrogen-bond acceptors (Lipinski definition) is 4. The van der Waals surface area contributed by atoms with E-state index >= 15 is 0 Å². The number of carbonyl (C=O) groups is 1. The molecule has 0 unspecified atom stereocenters. The molecule has 0 fully saturated rings. The van der Waals surface area contributed by atoms with Crippen LogP contribution in [0, 0.1) is 6.92 Å². The number of halogens is 1. The summed E-state index contributed by atoms with van der Waals surface area (Å²) in [5, 5.41) is 5.74. The van der Waals surface area contributed by atoms with Crippen molar-refractivity contribution in [1.82, 2.24) is 10.3 Å². The van der Waals surface area contributed by atoms with E-state index in [1.54, 1.807) is 6.20 Å². The number of rotatable bonds is 5. The van der Waals surface area contributed by atoms with Crippen LogP contribution in [0.1, 0.15) is 18.9 Å². The highest BCUT2D eigenvalue weighted by atomic mass is 79.9. The number of nitrogen functional groups attached to an aromatic ring is 1. The summed E-state index contributed by atoms with van der Waals surface area (Å²) in [5.41, 5.74) is 7.25. The first-order chi connectivity index (χ1) is 8.06. The van der Waals surface area contributed by atoms with E-state index < -0.39 is 0 Å². The summed E-state index contributed by atoms with van der Waals surface area (Å²) < 4.78 is 0.792. The molecule has 0 saturated heterocycles. The van der Waals surface area contributed by atoms with Gasteiger partial charge in [-0.15, -0.1) is 0 Å². The fraction of sp³-hybridized carbons (Fsp3) is 0.455. The van der Waals surface area contributed by atoms with E-state index in [0.29, 0.717) is 18.1 Å². The van der Waals surface area contributed by atoms with Gasteiger partial charge in [-0.3, -0.25) is 4.79 Å². The minimum atomic E-state index is -0.0463. The van der Waals surface area contributed by atoms with Crippen LogP contribution in [0.5, 0.6) is 0 Å². The first-order valence-electron chi connectivity index (χ1n) is 5.47.